The van der Waals surface area contributed by atoms with Gasteiger partial charge in [-0.1, -0.05) is 0 Å². The number of ether oxygens (including phenoxy) is 1. The normalized spacial score (nSPS) is 10.1. The molecule has 0 heterocycles. The summed E-state index contributed by atoms with van der Waals surface area (Å²) in [6.07, 6.45) is 0.330. The van der Waals surface area contributed by atoms with Gasteiger partial charge >= 0.3 is 0 Å². The Balaban J connectivity index is 2.59. The van der Waals surface area contributed by atoms with Crippen LogP contribution < -0.4 is 10.1 Å². The summed E-state index contributed by atoms with van der Waals surface area (Å²) in [7, 11) is 0. The Bertz CT molecular complexity index is 478. The van der Waals surface area contributed by atoms with Gasteiger partial charge in [0.05, 0.1) is 24.7 Å². The summed E-state index contributed by atoms with van der Waals surface area (Å²) in [5.74, 6) is 0.746. The first-order valence-electron chi connectivity index (χ1n) is 6.37. The SMILES string of the molecule is Cc1cc(C#N)cc(C)c1OCCC(=O)NC(C)C. The second-order valence-electron chi connectivity index (χ2n) is 4.87. The van der Waals surface area contributed by atoms with Crippen molar-refractivity contribution in [1.29, 1.82) is 5.26 Å². The Kier molecular flexibility index (Phi) is 5.37. The molecular weight excluding hydrogens is 240 g/mol. The molecule has 0 spiro atoms. The van der Waals surface area contributed by atoms with E-state index < -0.39 is 0 Å². The molecule has 1 aromatic carbocycles. The van der Waals surface area contributed by atoms with Crippen molar-refractivity contribution in [2.24, 2.45) is 0 Å². The predicted molar refractivity (Wildman–Crippen MR) is 74.0 cm³/mol. The minimum Gasteiger partial charge on any atom is -0.493 e. The van der Waals surface area contributed by atoms with E-state index in [1.807, 2.05) is 27.7 Å². The van der Waals surface area contributed by atoms with E-state index in [2.05, 4.69) is 11.4 Å². The van der Waals surface area contributed by atoms with Crippen molar-refractivity contribution in [3.05, 3.63) is 28.8 Å². The van der Waals surface area contributed by atoms with Crippen LogP contribution in [0.3, 0.4) is 0 Å². The van der Waals surface area contributed by atoms with Crippen LogP contribution in [-0.2, 0) is 4.79 Å². The van der Waals surface area contributed by atoms with E-state index in [1.165, 1.54) is 0 Å². The van der Waals surface area contributed by atoms with Crippen LogP contribution >= 0.6 is 0 Å². The molecule has 4 nitrogen and oxygen atoms in total. The number of hydrogen-bond acceptors (Lipinski definition) is 3. The minimum absolute atomic E-state index is 0.0149. The first kappa shape index (κ1) is 15.0. The highest BCUT2D eigenvalue weighted by Gasteiger charge is 2.08. The monoisotopic (exact) mass is 260 g/mol. The summed E-state index contributed by atoms with van der Waals surface area (Å²) in [6, 6.07) is 5.83. The zero-order valence-corrected chi connectivity index (χ0v) is 11.9. The van der Waals surface area contributed by atoms with Gasteiger partial charge in [0.15, 0.2) is 0 Å². The zero-order valence-electron chi connectivity index (χ0n) is 11.9. The van der Waals surface area contributed by atoms with Crippen LogP contribution in [0, 0.1) is 25.2 Å². The van der Waals surface area contributed by atoms with Gasteiger partial charge in [0.25, 0.3) is 0 Å². The van der Waals surface area contributed by atoms with Crippen LogP contribution in [0.1, 0.15) is 37.0 Å². The summed E-state index contributed by atoms with van der Waals surface area (Å²) in [6.45, 7) is 7.99. The van der Waals surface area contributed by atoms with E-state index in [1.54, 1.807) is 12.1 Å². The molecule has 0 saturated heterocycles. The van der Waals surface area contributed by atoms with Crippen molar-refractivity contribution in [2.45, 2.75) is 40.2 Å². The lowest BCUT2D eigenvalue weighted by Gasteiger charge is -2.13. The summed E-state index contributed by atoms with van der Waals surface area (Å²) in [4.78, 5) is 11.5. The van der Waals surface area contributed by atoms with Gasteiger partial charge in [-0.15, -0.1) is 0 Å². The summed E-state index contributed by atoms with van der Waals surface area (Å²) in [5.41, 5.74) is 2.46. The van der Waals surface area contributed by atoms with Gasteiger partial charge in [-0.2, -0.15) is 5.26 Å². The highest BCUT2D eigenvalue weighted by atomic mass is 16.5. The van der Waals surface area contributed by atoms with Crippen LogP contribution in [0.15, 0.2) is 12.1 Å². The number of hydrogen-bond donors (Lipinski definition) is 1. The molecule has 1 aromatic rings. The summed E-state index contributed by atoms with van der Waals surface area (Å²) in [5, 5.41) is 11.7. The fraction of sp³-hybridized carbons (Fsp3) is 0.467. The van der Waals surface area contributed by atoms with Gasteiger partial charge in [-0.25, -0.2) is 0 Å². The number of nitriles is 1. The lowest BCUT2D eigenvalue weighted by Crippen LogP contribution is -2.31. The number of carbonyl (C=O) groups is 1. The highest BCUT2D eigenvalue weighted by molar-refractivity contribution is 5.76. The highest BCUT2D eigenvalue weighted by Crippen LogP contribution is 2.24. The quantitative estimate of drug-likeness (QED) is 0.884. The number of nitrogens with one attached hydrogen (secondary N) is 1. The molecule has 0 bridgehead atoms. The molecule has 0 aliphatic rings. The Morgan fingerprint density at radius 3 is 2.42 bits per heavy atom. The second kappa shape index (κ2) is 6.79. The third-order valence-corrected chi connectivity index (χ3v) is 2.61. The number of amides is 1. The number of benzene rings is 1. The van der Waals surface area contributed by atoms with E-state index in [-0.39, 0.29) is 11.9 Å². The molecule has 0 saturated carbocycles. The molecule has 0 unspecified atom stereocenters. The van der Waals surface area contributed by atoms with Crippen LogP contribution in [0.4, 0.5) is 0 Å². The standard InChI is InChI=1S/C15H20N2O2/c1-10(2)17-14(18)5-6-19-15-11(3)7-13(9-16)8-12(15)4/h7-8,10H,5-6H2,1-4H3,(H,17,18). The van der Waals surface area contributed by atoms with E-state index in [9.17, 15) is 4.79 Å². The van der Waals surface area contributed by atoms with Crippen molar-refractivity contribution in [3.8, 4) is 11.8 Å². The molecule has 19 heavy (non-hydrogen) atoms. The lowest BCUT2D eigenvalue weighted by atomic mass is 10.1. The Morgan fingerprint density at radius 1 is 1.37 bits per heavy atom. The molecule has 102 valence electrons. The van der Waals surface area contributed by atoms with E-state index >= 15 is 0 Å². The van der Waals surface area contributed by atoms with Crippen LogP contribution in [-0.4, -0.2) is 18.6 Å². The topological polar surface area (TPSA) is 62.1 Å². The number of nitrogens with zero attached hydrogens (tertiary/aromatic N) is 1. The molecule has 0 aliphatic heterocycles. The number of rotatable bonds is 5. The molecule has 1 rings (SSSR count). The van der Waals surface area contributed by atoms with Gasteiger partial charge in [-0.05, 0) is 51.0 Å². The third-order valence-electron chi connectivity index (χ3n) is 2.61. The van der Waals surface area contributed by atoms with Crippen molar-refractivity contribution < 1.29 is 9.53 Å². The number of aryl methyl sites for hydroxylation is 2. The van der Waals surface area contributed by atoms with Crippen molar-refractivity contribution in [3.63, 3.8) is 0 Å². The van der Waals surface area contributed by atoms with Gasteiger partial charge < -0.3 is 10.1 Å². The molecule has 0 aromatic heterocycles. The average Bonchev–Trinajstić information content (AvgIpc) is 2.31. The van der Waals surface area contributed by atoms with Crippen molar-refractivity contribution >= 4 is 5.91 Å². The van der Waals surface area contributed by atoms with Gasteiger partial charge in [0.2, 0.25) is 5.91 Å². The molecular formula is C15H20N2O2. The van der Waals surface area contributed by atoms with Crippen molar-refractivity contribution in [2.75, 3.05) is 6.61 Å². The van der Waals surface area contributed by atoms with E-state index in [0.29, 0.717) is 18.6 Å². The molecule has 0 atom stereocenters. The van der Waals surface area contributed by atoms with Crippen LogP contribution in [0.25, 0.3) is 0 Å². The maximum atomic E-state index is 11.5. The van der Waals surface area contributed by atoms with Crippen molar-refractivity contribution in [1.82, 2.24) is 5.32 Å². The van der Waals surface area contributed by atoms with Crippen LogP contribution in [0.2, 0.25) is 0 Å². The van der Waals surface area contributed by atoms with Gasteiger partial charge in [0.1, 0.15) is 5.75 Å². The molecule has 1 amide bonds. The average molecular weight is 260 g/mol. The fourth-order valence-electron chi connectivity index (χ4n) is 1.88. The van der Waals surface area contributed by atoms with E-state index in [0.717, 1.165) is 16.9 Å². The zero-order chi connectivity index (χ0) is 14.4. The van der Waals surface area contributed by atoms with Gasteiger partial charge in [-0.3, -0.25) is 4.79 Å². The minimum atomic E-state index is -0.0149. The summed E-state index contributed by atoms with van der Waals surface area (Å²) < 4.78 is 5.65. The maximum Gasteiger partial charge on any atom is 0.223 e. The molecule has 1 N–H and O–H groups in total. The van der Waals surface area contributed by atoms with Crippen LogP contribution in [0.5, 0.6) is 5.75 Å². The van der Waals surface area contributed by atoms with Gasteiger partial charge in [0, 0.05) is 6.04 Å². The number of carbonyl (C=O) groups excluding carboxylic acids is 1. The third kappa shape index (κ3) is 4.63. The molecule has 0 radical (unpaired) electrons. The smallest absolute Gasteiger partial charge is 0.223 e. The molecule has 4 heteroatoms. The first-order valence-corrected chi connectivity index (χ1v) is 6.37. The Labute approximate surface area is 114 Å². The van der Waals surface area contributed by atoms with E-state index in [4.69, 9.17) is 10.00 Å². The predicted octanol–water partition coefficient (Wildman–Crippen LogP) is 2.47. The molecule has 0 fully saturated rings. The summed E-state index contributed by atoms with van der Waals surface area (Å²) >= 11 is 0. The Hall–Kier alpha value is -2.02. The largest absolute Gasteiger partial charge is 0.493 e. The molecule has 0 aliphatic carbocycles. The fourth-order valence-corrected chi connectivity index (χ4v) is 1.88. The first-order chi connectivity index (χ1) is 8.93. The second-order valence-corrected chi connectivity index (χ2v) is 4.87. The maximum absolute atomic E-state index is 11.5. The lowest BCUT2D eigenvalue weighted by molar-refractivity contribution is -0.122. The Morgan fingerprint density at radius 2 is 1.95 bits per heavy atom.